The second-order valence-corrected chi connectivity index (χ2v) is 7.21. The SMILES string of the molecule is O=C(NC[C@H]1CC(=O)N(C2CC2)C1)N[C@@H]1C[C@H]1c1cccc(F)c1. The summed E-state index contributed by atoms with van der Waals surface area (Å²) in [4.78, 5) is 25.9. The lowest BCUT2D eigenvalue weighted by molar-refractivity contribution is -0.128. The van der Waals surface area contributed by atoms with Crippen LogP contribution in [0.3, 0.4) is 0 Å². The summed E-state index contributed by atoms with van der Waals surface area (Å²) in [7, 11) is 0. The quantitative estimate of drug-likeness (QED) is 0.867. The van der Waals surface area contributed by atoms with Gasteiger partial charge in [-0.25, -0.2) is 9.18 Å². The van der Waals surface area contributed by atoms with Gasteiger partial charge in [0.1, 0.15) is 5.82 Å². The standard InChI is InChI=1S/C18H22FN3O2/c19-13-3-1-2-12(7-13)15-8-16(15)21-18(24)20-9-11-6-17(23)22(10-11)14-4-5-14/h1-3,7,11,14-16H,4-6,8-10H2,(H2,20,21,24)/t11-,15+,16-/m1/s1. The predicted octanol–water partition coefficient (Wildman–Crippen LogP) is 1.99. The molecule has 6 heteroatoms. The Kier molecular flexibility index (Phi) is 3.90. The van der Waals surface area contributed by atoms with Gasteiger partial charge in [0.05, 0.1) is 0 Å². The van der Waals surface area contributed by atoms with E-state index in [1.165, 1.54) is 12.1 Å². The molecular weight excluding hydrogens is 309 g/mol. The number of hydrogen-bond donors (Lipinski definition) is 2. The molecule has 3 aliphatic rings. The minimum absolute atomic E-state index is 0.0694. The van der Waals surface area contributed by atoms with Crippen LogP contribution in [0.1, 0.15) is 37.2 Å². The number of urea groups is 1. The fourth-order valence-corrected chi connectivity index (χ4v) is 3.60. The lowest BCUT2D eigenvalue weighted by Gasteiger charge is -2.15. The molecule has 0 unspecified atom stereocenters. The second-order valence-electron chi connectivity index (χ2n) is 7.21. The molecule has 4 rings (SSSR count). The zero-order valence-electron chi connectivity index (χ0n) is 13.5. The summed E-state index contributed by atoms with van der Waals surface area (Å²) in [5.41, 5.74) is 0.932. The highest BCUT2D eigenvalue weighted by Gasteiger charge is 2.41. The maximum Gasteiger partial charge on any atom is 0.315 e. The number of hydrogen-bond acceptors (Lipinski definition) is 2. The average molecular weight is 331 g/mol. The van der Waals surface area contributed by atoms with Crippen LogP contribution in [0.4, 0.5) is 9.18 Å². The van der Waals surface area contributed by atoms with Gasteiger partial charge >= 0.3 is 6.03 Å². The molecule has 1 saturated heterocycles. The van der Waals surface area contributed by atoms with E-state index in [1.54, 1.807) is 6.07 Å². The topological polar surface area (TPSA) is 61.4 Å². The van der Waals surface area contributed by atoms with Crippen LogP contribution in [0, 0.1) is 11.7 Å². The van der Waals surface area contributed by atoms with Gasteiger partial charge in [0.25, 0.3) is 0 Å². The molecule has 0 bridgehead atoms. The summed E-state index contributed by atoms with van der Waals surface area (Å²) in [6.07, 6.45) is 3.62. The normalized spacial score (nSPS) is 28.8. The van der Waals surface area contributed by atoms with E-state index in [4.69, 9.17) is 0 Å². The molecule has 2 N–H and O–H groups in total. The Morgan fingerprint density at radius 1 is 1.33 bits per heavy atom. The third kappa shape index (κ3) is 3.37. The van der Waals surface area contributed by atoms with Crippen molar-refractivity contribution in [3.63, 3.8) is 0 Å². The molecule has 24 heavy (non-hydrogen) atoms. The Morgan fingerprint density at radius 2 is 2.17 bits per heavy atom. The monoisotopic (exact) mass is 331 g/mol. The number of amides is 3. The summed E-state index contributed by atoms with van der Waals surface area (Å²) in [5.74, 6) is 0.388. The van der Waals surface area contributed by atoms with E-state index in [2.05, 4.69) is 10.6 Å². The molecule has 3 fully saturated rings. The number of nitrogens with zero attached hydrogens (tertiary/aromatic N) is 1. The van der Waals surface area contributed by atoms with Crippen LogP contribution in [-0.4, -0.2) is 42.0 Å². The first-order valence-corrected chi connectivity index (χ1v) is 8.69. The Balaban J connectivity index is 1.20. The molecule has 3 atom stereocenters. The first kappa shape index (κ1) is 15.4. The number of halogens is 1. The van der Waals surface area contributed by atoms with Crippen LogP contribution in [0.15, 0.2) is 24.3 Å². The van der Waals surface area contributed by atoms with Crippen molar-refractivity contribution in [1.82, 2.24) is 15.5 Å². The Morgan fingerprint density at radius 3 is 2.92 bits per heavy atom. The number of rotatable bonds is 5. The van der Waals surface area contributed by atoms with Crippen LogP contribution in [0.25, 0.3) is 0 Å². The maximum absolute atomic E-state index is 13.2. The van der Waals surface area contributed by atoms with Gasteiger partial charge < -0.3 is 15.5 Å². The summed E-state index contributed by atoms with van der Waals surface area (Å²) < 4.78 is 13.2. The minimum atomic E-state index is -0.242. The van der Waals surface area contributed by atoms with Crippen LogP contribution in [-0.2, 0) is 4.79 Å². The Labute approximate surface area is 140 Å². The number of nitrogens with one attached hydrogen (secondary N) is 2. The first-order valence-electron chi connectivity index (χ1n) is 8.69. The second kappa shape index (κ2) is 6.07. The summed E-state index contributed by atoms with van der Waals surface area (Å²) in [6, 6.07) is 6.87. The number of likely N-dealkylation sites (tertiary alicyclic amines) is 1. The Bertz CT molecular complexity index is 661. The zero-order valence-corrected chi connectivity index (χ0v) is 13.5. The number of carbonyl (C=O) groups is 2. The van der Waals surface area contributed by atoms with E-state index < -0.39 is 0 Å². The highest BCUT2D eigenvalue weighted by atomic mass is 19.1. The fraction of sp³-hybridized carbons (Fsp3) is 0.556. The average Bonchev–Trinajstić information content (AvgIpc) is 3.46. The number of carbonyl (C=O) groups excluding carboxylic acids is 2. The molecule has 128 valence electrons. The Hall–Kier alpha value is -2.11. The number of benzene rings is 1. The maximum atomic E-state index is 13.2. The van der Waals surface area contributed by atoms with Crippen molar-refractivity contribution in [3.05, 3.63) is 35.6 Å². The van der Waals surface area contributed by atoms with Crippen LogP contribution in [0.2, 0.25) is 0 Å². The van der Waals surface area contributed by atoms with Gasteiger partial charge in [-0.2, -0.15) is 0 Å². The molecule has 0 radical (unpaired) electrons. The van der Waals surface area contributed by atoms with Gasteiger partial charge in [-0.1, -0.05) is 12.1 Å². The third-order valence-corrected chi connectivity index (χ3v) is 5.16. The largest absolute Gasteiger partial charge is 0.339 e. The molecule has 1 aliphatic heterocycles. The van der Waals surface area contributed by atoms with Gasteiger partial charge in [-0.15, -0.1) is 0 Å². The van der Waals surface area contributed by atoms with E-state index in [9.17, 15) is 14.0 Å². The lowest BCUT2D eigenvalue weighted by atomic mass is 10.1. The van der Waals surface area contributed by atoms with E-state index in [-0.39, 0.29) is 35.6 Å². The lowest BCUT2D eigenvalue weighted by Crippen LogP contribution is -2.40. The molecule has 1 heterocycles. The van der Waals surface area contributed by atoms with E-state index >= 15 is 0 Å². The van der Waals surface area contributed by atoms with E-state index in [1.807, 2.05) is 11.0 Å². The van der Waals surface area contributed by atoms with Crippen LogP contribution in [0.5, 0.6) is 0 Å². The van der Waals surface area contributed by atoms with Gasteiger partial charge in [0, 0.05) is 43.4 Å². The molecule has 3 amide bonds. The molecule has 1 aromatic carbocycles. The molecule has 0 aromatic heterocycles. The highest BCUT2D eigenvalue weighted by Crippen LogP contribution is 2.40. The van der Waals surface area contributed by atoms with Gasteiger partial charge in [-0.3, -0.25) is 4.79 Å². The van der Waals surface area contributed by atoms with Crippen molar-refractivity contribution in [2.75, 3.05) is 13.1 Å². The van der Waals surface area contributed by atoms with E-state index in [0.29, 0.717) is 19.0 Å². The van der Waals surface area contributed by atoms with Crippen molar-refractivity contribution in [2.45, 2.75) is 43.7 Å². The van der Waals surface area contributed by atoms with Crippen molar-refractivity contribution in [3.8, 4) is 0 Å². The zero-order chi connectivity index (χ0) is 16.7. The highest BCUT2D eigenvalue weighted by molar-refractivity contribution is 5.80. The summed E-state index contributed by atoms with van der Waals surface area (Å²) >= 11 is 0. The van der Waals surface area contributed by atoms with Gasteiger partial charge in [0.2, 0.25) is 5.91 Å². The molecule has 2 saturated carbocycles. The van der Waals surface area contributed by atoms with Gasteiger partial charge in [-0.05, 0) is 37.0 Å². The molecule has 1 aromatic rings. The van der Waals surface area contributed by atoms with Crippen LogP contribution >= 0.6 is 0 Å². The van der Waals surface area contributed by atoms with Crippen molar-refractivity contribution in [1.29, 1.82) is 0 Å². The molecule has 0 spiro atoms. The molecule has 2 aliphatic carbocycles. The third-order valence-electron chi connectivity index (χ3n) is 5.16. The van der Waals surface area contributed by atoms with Crippen molar-refractivity contribution >= 4 is 11.9 Å². The summed E-state index contributed by atoms with van der Waals surface area (Å²) in [6.45, 7) is 1.29. The molecule has 5 nitrogen and oxygen atoms in total. The minimum Gasteiger partial charge on any atom is -0.339 e. The van der Waals surface area contributed by atoms with Crippen molar-refractivity contribution in [2.24, 2.45) is 5.92 Å². The fourth-order valence-electron chi connectivity index (χ4n) is 3.60. The van der Waals surface area contributed by atoms with Crippen molar-refractivity contribution < 1.29 is 14.0 Å². The predicted molar refractivity (Wildman–Crippen MR) is 86.9 cm³/mol. The van der Waals surface area contributed by atoms with Crippen LogP contribution < -0.4 is 10.6 Å². The summed E-state index contributed by atoms with van der Waals surface area (Å²) in [5, 5.41) is 5.81. The molecular formula is C18H22FN3O2. The smallest absolute Gasteiger partial charge is 0.315 e. The van der Waals surface area contributed by atoms with Gasteiger partial charge in [0.15, 0.2) is 0 Å². The first-order chi connectivity index (χ1) is 11.6. The van der Waals surface area contributed by atoms with E-state index in [0.717, 1.165) is 31.4 Å².